The van der Waals surface area contributed by atoms with Crippen molar-refractivity contribution in [3.05, 3.63) is 0 Å². The first-order chi connectivity index (χ1) is 8.79. The Labute approximate surface area is 114 Å². The lowest BCUT2D eigenvalue weighted by molar-refractivity contribution is 0.0708. The highest BCUT2D eigenvalue weighted by Crippen LogP contribution is 2.33. The Morgan fingerprint density at radius 1 is 1.11 bits per heavy atom. The van der Waals surface area contributed by atoms with Crippen LogP contribution in [0.25, 0.3) is 0 Å². The van der Waals surface area contributed by atoms with E-state index in [1.54, 1.807) is 0 Å². The molecule has 0 aromatic carbocycles. The van der Waals surface area contributed by atoms with Gasteiger partial charge in [0, 0.05) is 19.1 Å². The average Bonchev–Trinajstić information content (AvgIpc) is 2.47. The number of hydrogen-bond donors (Lipinski definition) is 1. The van der Waals surface area contributed by atoms with Crippen LogP contribution in [0.15, 0.2) is 0 Å². The number of hydrogen-bond acceptors (Lipinski definition) is 2. The summed E-state index contributed by atoms with van der Waals surface area (Å²) in [5, 5.41) is 3.63. The molecule has 2 heteroatoms. The quantitative estimate of drug-likeness (QED) is 0.806. The van der Waals surface area contributed by atoms with Gasteiger partial charge in [0.25, 0.3) is 0 Å². The zero-order valence-electron chi connectivity index (χ0n) is 12.5. The Morgan fingerprint density at radius 2 is 1.89 bits per heavy atom. The molecular formula is C16H32N2. The van der Waals surface area contributed by atoms with E-state index in [1.807, 2.05) is 0 Å². The first-order valence-electron chi connectivity index (χ1n) is 8.24. The highest BCUT2D eigenvalue weighted by atomic mass is 15.2. The molecule has 0 spiro atoms. The van der Waals surface area contributed by atoms with Crippen molar-refractivity contribution in [3.63, 3.8) is 0 Å². The van der Waals surface area contributed by atoms with Gasteiger partial charge in [0.1, 0.15) is 0 Å². The molecule has 0 aromatic heterocycles. The Balaban J connectivity index is 1.94. The van der Waals surface area contributed by atoms with Crippen molar-refractivity contribution >= 4 is 0 Å². The summed E-state index contributed by atoms with van der Waals surface area (Å²) in [6.07, 6.45) is 11.4. The minimum atomic E-state index is 0.561. The minimum absolute atomic E-state index is 0.561. The normalized spacial score (nSPS) is 30.8. The standard InChI is InChI=1S/C16H32N2/c1-3-16(11-8-12-17-13-16)14-18(4-2)15-9-6-5-7-10-15/h15,17H,3-14H2,1-2H3. The summed E-state index contributed by atoms with van der Waals surface area (Å²) in [5.41, 5.74) is 0.561. The molecule has 2 aliphatic rings. The third kappa shape index (κ3) is 3.48. The minimum Gasteiger partial charge on any atom is -0.316 e. The van der Waals surface area contributed by atoms with Gasteiger partial charge in [-0.2, -0.15) is 0 Å². The van der Waals surface area contributed by atoms with Crippen LogP contribution in [0.3, 0.4) is 0 Å². The van der Waals surface area contributed by atoms with Crippen LogP contribution in [0.5, 0.6) is 0 Å². The van der Waals surface area contributed by atoms with E-state index in [4.69, 9.17) is 0 Å². The second-order valence-corrected chi connectivity index (χ2v) is 6.49. The molecule has 2 fully saturated rings. The zero-order chi connectivity index (χ0) is 12.8. The van der Waals surface area contributed by atoms with Crippen LogP contribution in [0.1, 0.15) is 65.2 Å². The molecule has 1 N–H and O–H groups in total. The Hall–Kier alpha value is -0.0800. The van der Waals surface area contributed by atoms with E-state index in [0.29, 0.717) is 5.41 Å². The van der Waals surface area contributed by atoms with E-state index >= 15 is 0 Å². The van der Waals surface area contributed by atoms with Gasteiger partial charge in [0.2, 0.25) is 0 Å². The van der Waals surface area contributed by atoms with E-state index in [9.17, 15) is 0 Å². The smallest absolute Gasteiger partial charge is 0.00953 e. The molecule has 1 heterocycles. The molecular weight excluding hydrogens is 220 g/mol. The summed E-state index contributed by atoms with van der Waals surface area (Å²) in [7, 11) is 0. The molecule has 1 aliphatic heterocycles. The lowest BCUT2D eigenvalue weighted by Gasteiger charge is -2.44. The molecule has 18 heavy (non-hydrogen) atoms. The molecule has 0 aromatic rings. The maximum atomic E-state index is 3.63. The van der Waals surface area contributed by atoms with Crippen LogP contribution in [0.4, 0.5) is 0 Å². The lowest BCUT2D eigenvalue weighted by atomic mass is 9.77. The van der Waals surface area contributed by atoms with Gasteiger partial charge in [-0.3, -0.25) is 0 Å². The van der Waals surface area contributed by atoms with Crippen LogP contribution in [-0.2, 0) is 0 Å². The summed E-state index contributed by atoms with van der Waals surface area (Å²) in [6, 6.07) is 0.883. The van der Waals surface area contributed by atoms with E-state index in [0.717, 1.165) is 6.04 Å². The summed E-state index contributed by atoms with van der Waals surface area (Å²) in [5.74, 6) is 0. The molecule has 2 nitrogen and oxygen atoms in total. The van der Waals surface area contributed by atoms with Gasteiger partial charge in [-0.25, -0.2) is 0 Å². The second-order valence-electron chi connectivity index (χ2n) is 6.49. The number of piperidine rings is 1. The van der Waals surface area contributed by atoms with Crippen molar-refractivity contribution in [2.75, 3.05) is 26.2 Å². The third-order valence-corrected chi connectivity index (χ3v) is 5.35. The van der Waals surface area contributed by atoms with Gasteiger partial charge < -0.3 is 10.2 Å². The number of nitrogens with zero attached hydrogens (tertiary/aromatic N) is 1. The van der Waals surface area contributed by atoms with Gasteiger partial charge in [-0.1, -0.05) is 33.1 Å². The second kappa shape index (κ2) is 6.91. The largest absolute Gasteiger partial charge is 0.316 e. The molecule has 0 amide bonds. The molecule has 1 saturated carbocycles. The molecule has 106 valence electrons. The van der Waals surface area contributed by atoms with Gasteiger partial charge in [-0.15, -0.1) is 0 Å². The van der Waals surface area contributed by atoms with Crippen molar-refractivity contribution in [1.82, 2.24) is 10.2 Å². The number of nitrogens with one attached hydrogen (secondary N) is 1. The van der Waals surface area contributed by atoms with Gasteiger partial charge in [-0.05, 0) is 50.6 Å². The highest BCUT2D eigenvalue weighted by Gasteiger charge is 2.34. The fraction of sp³-hybridized carbons (Fsp3) is 1.00. The van der Waals surface area contributed by atoms with E-state index in [1.165, 1.54) is 77.5 Å². The third-order valence-electron chi connectivity index (χ3n) is 5.35. The van der Waals surface area contributed by atoms with Crippen molar-refractivity contribution in [2.45, 2.75) is 71.3 Å². The first-order valence-corrected chi connectivity index (χ1v) is 8.24. The van der Waals surface area contributed by atoms with Gasteiger partial charge in [0.15, 0.2) is 0 Å². The van der Waals surface area contributed by atoms with Crippen LogP contribution in [-0.4, -0.2) is 37.1 Å². The molecule has 0 bridgehead atoms. The fourth-order valence-corrected chi connectivity index (χ4v) is 3.95. The van der Waals surface area contributed by atoms with Crippen LogP contribution >= 0.6 is 0 Å². The van der Waals surface area contributed by atoms with Crippen molar-refractivity contribution in [1.29, 1.82) is 0 Å². The maximum absolute atomic E-state index is 3.63. The van der Waals surface area contributed by atoms with Crippen LogP contribution < -0.4 is 5.32 Å². The monoisotopic (exact) mass is 252 g/mol. The first kappa shape index (κ1) is 14.3. The summed E-state index contributed by atoms with van der Waals surface area (Å²) < 4.78 is 0. The molecule has 2 rings (SSSR count). The zero-order valence-corrected chi connectivity index (χ0v) is 12.5. The predicted octanol–water partition coefficient (Wildman–Crippen LogP) is 3.42. The van der Waals surface area contributed by atoms with Gasteiger partial charge in [0.05, 0.1) is 0 Å². The van der Waals surface area contributed by atoms with E-state index in [-0.39, 0.29) is 0 Å². The van der Waals surface area contributed by atoms with Crippen molar-refractivity contribution in [2.24, 2.45) is 5.41 Å². The SMILES string of the molecule is CCN(CC1(CC)CCCNC1)C1CCCCC1. The van der Waals surface area contributed by atoms with Crippen LogP contribution in [0, 0.1) is 5.41 Å². The fourth-order valence-electron chi connectivity index (χ4n) is 3.95. The van der Waals surface area contributed by atoms with E-state index in [2.05, 4.69) is 24.1 Å². The molecule has 1 atom stereocenters. The summed E-state index contributed by atoms with van der Waals surface area (Å²) >= 11 is 0. The average molecular weight is 252 g/mol. The topological polar surface area (TPSA) is 15.3 Å². The molecule has 0 radical (unpaired) electrons. The summed E-state index contributed by atoms with van der Waals surface area (Å²) in [4.78, 5) is 2.80. The Kier molecular flexibility index (Phi) is 5.50. The predicted molar refractivity (Wildman–Crippen MR) is 78.9 cm³/mol. The highest BCUT2D eigenvalue weighted by molar-refractivity contribution is 4.89. The number of rotatable bonds is 5. The molecule has 1 aliphatic carbocycles. The van der Waals surface area contributed by atoms with Crippen molar-refractivity contribution in [3.8, 4) is 0 Å². The summed E-state index contributed by atoms with van der Waals surface area (Å²) in [6.45, 7) is 9.80. The Morgan fingerprint density at radius 3 is 2.44 bits per heavy atom. The maximum Gasteiger partial charge on any atom is 0.00953 e. The lowest BCUT2D eigenvalue weighted by Crippen LogP contribution is -2.50. The van der Waals surface area contributed by atoms with Gasteiger partial charge >= 0.3 is 0 Å². The van der Waals surface area contributed by atoms with Crippen molar-refractivity contribution < 1.29 is 0 Å². The molecule has 1 unspecified atom stereocenters. The molecule has 1 saturated heterocycles. The van der Waals surface area contributed by atoms with Crippen LogP contribution in [0.2, 0.25) is 0 Å². The van der Waals surface area contributed by atoms with E-state index < -0.39 is 0 Å². The Bertz CT molecular complexity index is 227.